The van der Waals surface area contributed by atoms with Crippen molar-refractivity contribution in [3.8, 4) is 11.8 Å². The molecular formula is C16H18N4O. The maximum atomic E-state index is 9.06. The van der Waals surface area contributed by atoms with E-state index in [1.165, 1.54) is 0 Å². The van der Waals surface area contributed by atoms with E-state index in [4.69, 9.17) is 10.00 Å². The lowest BCUT2D eigenvalue weighted by atomic mass is 10.2. The Morgan fingerprint density at radius 2 is 2.05 bits per heavy atom. The van der Waals surface area contributed by atoms with Crippen LogP contribution in [0.3, 0.4) is 0 Å². The standard InChI is InChI=1S/C16H18N4O/c17-12-15-16(13-8-9-13)20(19-18-15)10-4-5-11-21-14-6-2-1-3-7-14/h1-3,6-7,13H,4-5,8-11H2. The summed E-state index contributed by atoms with van der Waals surface area (Å²) in [5.41, 5.74) is 1.53. The van der Waals surface area contributed by atoms with Gasteiger partial charge in [0, 0.05) is 12.5 Å². The molecule has 2 aromatic rings. The molecule has 3 rings (SSSR count). The molecule has 1 aromatic heterocycles. The van der Waals surface area contributed by atoms with E-state index in [0.717, 1.165) is 43.7 Å². The fraction of sp³-hybridized carbons (Fsp3) is 0.438. The highest BCUT2D eigenvalue weighted by atomic mass is 16.5. The normalized spacial score (nSPS) is 13.9. The van der Waals surface area contributed by atoms with Gasteiger partial charge in [0.25, 0.3) is 0 Å². The second-order valence-electron chi connectivity index (χ2n) is 5.30. The molecule has 1 saturated carbocycles. The molecule has 1 aliphatic rings. The molecule has 108 valence electrons. The molecule has 0 radical (unpaired) electrons. The molecule has 0 spiro atoms. The average molecular weight is 282 g/mol. The summed E-state index contributed by atoms with van der Waals surface area (Å²) >= 11 is 0. The van der Waals surface area contributed by atoms with Gasteiger partial charge in [0.05, 0.1) is 12.3 Å². The largest absolute Gasteiger partial charge is 0.494 e. The van der Waals surface area contributed by atoms with Gasteiger partial charge in [-0.3, -0.25) is 0 Å². The van der Waals surface area contributed by atoms with Gasteiger partial charge in [-0.25, -0.2) is 4.68 Å². The fourth-order valence-corrected chi connectivity index (χ4v) is 2.40. The summed E-state index contributed by atoms with van der Waals surface area (Å²) in [7, 11) is 0. The lowest BCUT2D eigenvalue weighted by Crippen LogP contribution is -2.07. The number of ether oxygens (including phenoxy) is 1. The molecule has 0 bridgehead atoms. The Morgan fingerprint density at radius 3 is 2.76 bits per heavy atom. The zero-order valence-corrected chi connectivity index (χ0v) is 11.9. The summed E-state index contributed by atoms with van der Waals surface area (Å²) < 4.78 is 7.56. The highest BCUT2D eigenvalue weighted by molar-refractivity contribution is 5.30. The Kier molecular flexibility index (Phi) is 4.15. The van der Waals surface area contributed by atoms with E-state index in [2.05, 4.69) is 16.4 Å². The monoisotopic (exact) mass is 282 g/mol. The molecule has 1 fully saturated rings. The molecule has 5 nitrogen and oxygen atoms in total. The van der Waals surface area contributed by atoms with Gasteiger partial charge in [-0.1, -0.05) is 23.4 Å². The fourth-order valence-electron chi connectivity index (χ4n) is 2.40. The Labute approximate surface area is 124 Å². The third-order valence-corrected chi connectivity index (χ3v) is 3.62. The predicted molar refractivity (Wildman–Crippen MR) is 77.9 cm³/mol. The van der Waals surface area contributed by atoms with Gasteiger partial charge in [0.2, 0.25) is 0 Å². The number of nitrogens with zero attached hydrogens (tertiary/aromatic N) is 4. The highest BCUT2D eigenvalue weighted by Gasteiger charge is 2.31. The smallest absolute Gasteiger partial charge is 0.186 e. The van der Waals surface area contributed by atoms with Crippen LogP contribution in [0.15, 0.2) is 30.3 Å². The van der Waals surface area contributed by atoms with Crippen LogP contribution in [0.5, 0.6) is 5.75 Å². The summed E-state index contributed by atoms with van der Waals surface area (Å²) in [6, 6.07) is 12.0. The minimum absolute atomic E-state index is 0.496. The topological polar surface area (TPSA) is 63.7 Å². The summed E-state index contributed by atoms with van der Waals surface area (Å²) in [5, 5.41) is 17.1. The van der Waals surface area contributed by atoms with Crippen LogP contribution in [0.1, 0.15) is 43.0 Å². The number of para-hydroxylation sites is 1. The highest BCUT2D eigenvalue weighted by Crippen LogP contribution is 2.41. The number of benzene rings is 1. The lowest BCUT2D eigenvalue weighted by Gasteiger charge is -2.07. The zero-order chi connectivity index (χ0) is 14.5. The van der Waals surface area contributed by atoms with Crippen LogP contribution in [0.25, 0.3) is 0 Å². The van der Waals surface area contributed by atoms with Crippen LogP contribution < -0.4 is 4.74 Å². The van der Waals surface area contributed by atoms with Crippen LogP contribution in [0.4, 0.5) is 0 Å². The van der Waals surface area contributed by atoms with Gasteiger partial charge in [-0.05, 0) is 37.8 Å². The number of hydrogen-bond acceptors (Lipinski definition) is 4. The van der Waals surface area contributed by atoms with E-state index in [0.29, 0.717) is 18.2 Å². The number of aryl methyl sites for hydroxylation is 1. The van der Waals surface area contributed by atoms with E-state index < -0.39 is 0 Å². The molecular weight excluding hydrogens is 264 g/mol. The maximum absolute atomic E-state index is 9.06. The molecule has 0 N–H and O–H groups in total. The number of unbranched alkanes of at least 4 members (excludes halogenated alkanes) is 1. The van der Waals surface area contributed by atoms with E-state index in [1.807, 2.05) is 35.0 Å². The Balaban J connectivity index is 1.46. The van der Waals surface area contributed by atoms with Crippen LogP contribution >= 0.6 is 0 Å². The first kappa shape index (κ1) is 13.6. The quantitative estimate of drug-likeness (QED) is 0.732. The van der Waals surface area contributed by atoms with Crippen LogP contribution in [-0.4, -0.2) is 21.6 Å². The van der Waals surface area contributed by atoms with E-state index in [-0.39, 0.29) is 0 Å². The molecule has 0 saturated heterocycles. The Morgan fingerprint density at radius 1 is 1.24 bits per heavy atom. The van der Waals surface area contributed by atoms with Gasteiger partial charge in [-0.15, -0.1) is 5.10 Å². The van der Waals surface area contributed by atoms with Crippen molar-refractivity contribution in [1.82, 2.24) is 15.0 Å². The minimum atomic E-state index is 0.496. The van der Waals surface area contributed by atoms with Crippen molar-refractivity contribution in [2.45, 2.75) is 38.1 Å². The van der Waals surface area contributed by atoms with Gasteiger partial charge in [0.15, 0.2) is 5.69 Å². The van der Waals surface area contributed by atoms with Crippen LogP contribution in [0, 0.1) is 11.3 Å². The molecule has 0 unspecified atom stereocenters. The van der Waals surface area contributed by atoms with Crippen molar-refractivity contribution in [1.29, 1.82) is 5.26 Å². The third kappa shape index (κ3) is 3.40. The molecule has 5 heteroatoms. The molecule has 21 heavy (non-hydrogen) atoms. The predicted octanol–water partition coefficient (Wildman–Crippen LogP) is 2.89. The zero-order valence-electron chi connectivity index (χ0n) is 11.9. The van der Waals surface area contributed by atoms with Gasteiger partial charge in [-0.2, -0.15) is 5.26 Å². The summed E-state index contributed by atoms with van der Waals surface area (Å²) in [6.07, 6.45) is 4.24. The van der Waals surface area contributed by atoms with Crippen LogP contribution in [-0.2, 0) is 6.54 Å². The first-order chi connectivity index (χ1) is 10.4. The summed E-state index contributed by atoms with van der Waals surface area (Å²) in [5.74, 6) is 1.40. The Bertz CT molecular complexity index is 625. The molecule has 1 aromatic carbocycles. The molecule has 1 aliphatic carbocycles. The maximum Gasteiger partial charge on any atom is 0.186 e. The summed E-state index contributed by atoms with van der Waals surface area (Å²) in [4.78, 5) is 0. The Hall–Kier alpha value is -2.35. The van der Waals surface area contributed by atoms with Crippen molar-refractivity contribution in [2.75, 3.05) is 6.61 Å². The molecule has 0 aliphatic heterocycles. The SMILES string of the molecule is N#Cc1nnn(CCCCOc2ccccc2)c1C1CC1. The van der Waals surface area contributed by atoms with Crippen molar-refractivity contribution in [3.05, 3.63) is 41.7 Å². The first-order valence-corrected chi connectivity index (χ1v) is 7.40. The average Bonchev–Trinajstić information content (AvgIpc) is 3.28. The van der Waals surface area contributed by atoms with Crippen molar-refractivity contribution >= 4 is 0 Å². The lowest BCUT2D eigenvalue weighted by molar-refractivity contribution is 0.301. The molecule has 0 atom stereocenters. The minimum Gasteiger partial charge on any atom is -0.494 e. The second-order valence-corrected chi connectivity index (χ2v) is 5.30. The van der Waals surface area contributed by atoms with Gasteiger partial charge >= 0.3 is 0 Å². The third-order valence-electron chi connectivity index (χ3n) is 3.62. The van der Waals surface area contributed by atoms with Crippen molar-refractivity contribution in [2.24, 2.45) is 0 Å². The number of rotatable bonds is 7. The van der Waals surface area contributed by atoms with E-state index in [1.54, 1.807) is 0 Å². The number of nitriles is 1. The van der Waals surface area contributed by atoms with Crippen molar-refractivity contribution < 1.29 is 4.74 Å². The summed E-state index contributed by atoms with van der Waals surface area (Å²) in [6.45, 7) is 1.50. The van der Waals surface area contributed by atoms with Gasteiger partial charge in [0.1, 0.15) is 11.8 Å². The molecule has 0 amide bonds. The molecule has 1 heterocycles. The second kappa shape index (κ2) is 6.40. The van der Waals surface area contributed by atoms with E-state index >= 15 is 0 Å². The van der Waals surface area contributed by atoms with Crippen LogP contribution in [0.2, 0.25) is 0 Å². The van der Waals surface area contributed by atoms with Gasteiger partial charge < -0.3 is 4.74 Å². The number of aromatic nitrogens is 3. The van der Waals surface area contributed by atoms with Crippen molar-refractivity contribution in [3.63, 3.8) is 0 Å². The first-order valence-electron chi connectivity index (χ1n) is 7.40. The van der Waals surface area contributed by atoms with E-state index in [9.17, 15) is 0 Å². The number of hydrogen-bond donors (Lipinski definition) is 0.